The van der Waals surface area contributed by atoms with Crippen molar-refractivity contribution in [2.75, 3.05) is 5.33 Å². The van der Waals surface area contributed by atoms with Crippen LogP contribution in [0.5, 0.6) is 0 Å². The molecule has 0 aliphatic rings. The minimum atomic E-state index is -1.60. The summed E-state index contributed by atoms with van der Waals surface area (Å²) in [5.74, 6) is -0.0463. The van der Waals surface area contributed by atoms with Gasteiger partial charge in [-0.1, -0.05) is 68.9 Å². The lowest BCUT2D eigenvalue weighted by Gasteiger charge is -2.18. The van der Waals surface area contributed by atoms with E-state index >= 15 is 0 Å². The van der Waals surface area contributed by atoms with Gasteiger partial charge < -0.3 is 0 Å². The molecular formula is C10H7BrCl4O. The summed E-state index contributed by atoms with van der Waals surface area (Å²) in [6.45, 7) is 0. The molecule has 1 rings (SSSR count). The molecule has 0 saturated heterocycles. The number of carbonyl (C=O) groups is 1. The first-order valence-corrected chi connectivity index (χ1v) is 6.95. The van der Waals surface area contributed by atoms with Crippen molar-refractivity contribution in [3.05, 3.63) is 35.4 Å². The van der Waals surface area contributed by atoms with Crippen LogP contribution in [0.2, 0.25) is 0 Å². The summed E-state index contributed by atoms with van der Waals surface area (Å²) in [4.78, 5) is 11.4. The van der Waals surface area contributed by atoms with Gasteiger partial charge in [0.2, 0.25) is 3.79 Å². The topological polar surface area (TPSA) is 17.1 Å². The number of alkyl halides is 5. The summed E-state index contributed by atoms with van der Waals surface area (Å²) in [5, 5.41) is -0.544. The van der Waals surface area contributed by atoms with E-state index in [2.05, 4.69) is 15.9 Å². The molecule has 0 N–H and O–H groups in total. The van der Waals surface area contributed by atoms with E-state index in [-0.39, 0.29) is 11.1 Å². The van der Waals surface area contributed by atoms with E-state index in [1.807, 2.05) is 0 Å². The van der Waals surface area contributed by atoms with Crippen LogP contribution < -0.4 is 0 Å². The molecule has 16 heavy (non-hydrogen) atoms. The molecule has 0 spiro atoms. The third-order valence-electron chi connectivity index (χ3n) is 1.91. The van der Waals surface area contributed by atoms with Gasteiger partial charge >= 0.3 is 0 Å². The molecule has 0 aliphatic carbocycles. The van der Waals surface area contributed by atoms with Crippen LogP contribution in [0, 0.1) is 0 Å². The molecule has 1 aromatic rings. The highest BCUT2D eigenvalue weighted by atomic mass is 79.9. The van der Waals surface area contributed by atoms with Crippen LogP contribution in [0.25, 0.3) is 0 Å². The van der Waals surface area contributed by atoms with Gasteiger partial charge in [-0.05, 0) is 11.6 Å². The van der Waals surface area contributed by atoms with Gasteiger partial charge in [0, 0.05) is 5.56 Å². The van der Waals surface area contributed by atoms with Crippen LogP contribution in [0.4, 0.5) is 0 Å². The lowest BCUT2D eigenvalue weighted by Crippen LogP contribution is -2.12. The maximum atomic E-state index is 11.4. The van der Waals surface area contributed by atoms with Crippen molar-refractivity contribution in [2.24, 2.45) is 0 Å². The molecule has 0 fully saturated rings. The second-order valence-corrected chi connectivity index (χ2v) is 6.45. The lowest BCUT2D eigenvalue weighted by atomic mass is 10.1. The summed E-state index contributed by atoms with van der Waals surface area (Å²) in [6.07, 6.45) is 0. The summed E-state index contributed by atoms with van der Waals surface area (Å²) in [5.41, 5.74) is 1.14. The zero-order valence-electron chi connectivity index (χ0n) is 7.89. The first kappa shape index (κ1) is 14.6. The van der Waals surface area contributed by atoms with Crippen molar-refractivity contribution >= 4 is 68.1 Å². The third-order valence-corrected chi connectivity index (χ3v) is 3.99. The number of ketones is 1. The normalized spacial score (nSPS) is 13.6. The van der Waals surface area contributed by atoms with E-state index < -0.39 is 9.17 Å². The Hall–Kier alpha value is 0.530. The Kier molecular flexibility index (Phi) is 5.40. The van der Waals surface area contributed by atoms with E-state index in [0.717, 1.165) is 0 Å². The number of Topliss-reactive ketones (excluding diaryl/α,β-unsaturated/α-hetero) is 1. The van der Waals surface area contributed by atoms with Gasteiger partial charge in [0.1, 0.15) is 5.38 Å². The molecule has 0 aliphatic heterocycles. The van der Waals surface area contributed by atoms with Gasteiger partial charge in [-0.25, -0.2) is 0 Å². The van der Waals surface area contributed by atoms with Gasteiger partial charge in [0.05, 0.1) is 5.33 Å². The Labute approximate surface area is 122 Å². The van der Waals surface area contributed by atoms with Crippen molar-refractivity contribution in [1.29, 1.82) is 0 Å². The Morgan fingerprint density at radius 2 is 2.00 bits per heavy atom. The van der Waals surface area contributed by atoms with Crippen molar-refractivity contribution in [3.63, 3.8) is 0 Å². The SMILES string of the molecule is O=C(CBr)c1cccc(C(Cl)C(Cl)(Cl)Cl)c1. The molecule has 0 bridgehead atoms. The molecule has 1 aromatic carbocycles. The average Bonchev–Trinajstić information content (AvgIpc) is 2.26. The highest BCUT2D eigenvalue weighted by molar-refractivity contribution is 9.09. The lowest BCUT2D eigenvalue weighted by molar-refractivity contribution is 0.102. The van der Waals surface area contributed by atoms with Crippen LogP contribution in [0.3, 0.4) is 0 Å². The van der Waals surface area contributed by atoms with Crippen molar-refractivity contribution in [1.82, 2.24) is 0 Å². The van der Waals surface area contributed by atoms with Crippen LogP contribution >= 0.6 is 62.3 Å². The predicted molar refractivity (Wildman–Crippen MR) is 73.5 cm³/mol. The monoisotopic (exact) mass is 362 g/mol. The summed E-state index contributed by atoms with van der Waals surface area (Å²) in [7, 11) is 0. The largest absolute Gasteiger partial charge is 0.293 e. The number of carbonyl (C=O) groups excluding carboxylic acids is 1. The Morgan fingerprint density at radius 1 is 1.38 bits per heavy atom. The summed E-state index contributed by atoms with van der Waals surface area (Å²) < 4.78 is -1.60. The summed E-state index contributed by atoms with van der Waals surface area (Å²) >= 11 is 26.1. The fourth-order valence-corrected chi connectivity index (χ4v) is 1.97. The quantitative estimate of drug-likeness (QED) is 0.550. The van der Waals surface area contributed by atoms with Crippen LogP contribution in [0.1, 0.15) is 21.3 Å². The van der Waals surface area contributed by atoms with Crippen LogP contribution in [-0.4, -0.2) is 14.9 Å². The molecule has 0 amide bonds. The van der Waals surface area contributed by atoms with Crippen LogP contribution in [-0.2, 0) is 0 Å². The molecule has 1 unspecified atom stereocenters. The Balaban J connectivity index is 3.03. The third kappa shape index (κ3) is 3.78. The van der Waals surface area contributed by atoms with Gasteiger partial charge in [-0.15, -0.1) is 11.6 Å². The maximum Gasteiger partial charge on any atom is 0.210 e. The highest BCUT2D eigenvalue weighted by Crippen LogP contribution is 2.44. The van der Waals surface area contributed by atoms with E-state index in [1.165, 1.54) is 0 Å². The van der Waals surface area contributed by atoms with Gasteiger partial charge in [-0.2, -0.15) is 0 Å². The Bertz CT molecular complexity index is 389. The summed E-state index contributed by atoms with van der Waals surface area (Å²) in [6, 6.07) is 6.74. The first-order valence-electron chi connectivity index (χ1n) is 4.26. The van der Waals surface area contributed by atoms with Crippen LogP contribution in [0.15, 0.2) is 24.3 Å². The van der Waals surface area contributed by atoms with Gasteiger partial charge in [0.15, 0.2) is 5.78 Å². The molecule has 0 saturated carbocycles. The molecule has 6 heteroatoms. The van der Waals surface area contributed by atoms with Crippen molar-refractivity contribution in [3.8, 4) is 0 Å². The number of benzene rings is 1. The minimum Gasteiger partial charge on any atom is -0.293 e. The molecule has 1 atom stereocenters. The standard InChI is InChI=1S/C10H7BrCl4O/c11-5-8(16)6-2-1-3-7(4-6)9(12)10(13,14)15/h1-4,9H,5H2. The highest BCUT2D eigenvalue weighted by Gasteiger charge is 2.32. The zero-order chi connectivity index (χ0) is 12.3. The molecule has 1 nitrogen and oxygen atoms in total. The number of rotatable bonds is 3. The van der Waals surface area contributed by atoms with Crippen molar-refractivity contribution < 1.29 is 4.79 Å². The second-order valence-electron chi connectivity index (χ2n) is 3.09. The zero-order valence-corrected chi connectivity index (χ0v) is 12.5. The first-order chi connectivity index (χ1) is 7.36. The fraction of sp³-hybridized carbons (Fsp3) is 0.300. The average molecular weight is 365 g/mol. The smallest absolute Gasteiger partial charge is 0.210 e. The molecule has 88 valence electrons. The van der Waals surface area contributed by atoms with Crippen molar-refractivity contribution in [2.45, 2.75) is 9.17 Å². The number of hydrogen-bond donors (Lipinski definition) is 0. The predicted octanol–water partition coefficient (Wildman–Crippen LogP) is 4.91. The fourth-order valence-electron chi connectivity index (χ4n) is 1.14. The molecule has 0 radical (unpaired) electrons. The van der Waals surface area contributed by atoms with Gasteiger partial charge in [0.25, 0.3) is 0 Å². The molecule has 0 aromatic heterocycles. The second kappa shape index (κ2) is 5.92. The van der Waals surface area contributed by atoms with E-state index in [1.54, 1.807) is 24.3 Å². The minimum absolute atomic E-state index is 0.0463. The molecular weight excluding hydrogens is 358 g/mol. The van der Waals surface area contributed by atoms with E-state index in [0.29, 0.717) is 11.1 Å². The number of halogens is 5. The van der Waals surface area contributed by atoms with Gasteiger partial charge in [-0.3, -0.25) is 4.79 Å². The van der Waals surface area contributed by atoms with E-state index in [9.17, 15) is 4.79 Å². The number of hydrogen-bond acceptors (Lipinski definition) is 1. The van der Waals surface area contributed by atoms with E-state index in [4.69, 9.17) is 46.4 Å². The maximum absolute atomic E-state index is 11.4. The molecule has 0 heterocycles. The Morgan fingerprint density at radius 3 is 2.50 bits per heavy atom.